The lowest BCUT2D eigenvalue weighted by Gasteiger charge is -2.28. The van der Waals surface area contributed by atoms with Crippen LogP contribution in [0.15, 0.2) is 4.99 Å². The van der Waals surface area contributed by atoms with Crippen LogP contribution in [0.5, 0.6) is 0 Å². The number of rotatable bonds is 12. The fourth-order valence-electron chi connectivity index (χ4n) is 3.27. The lowest BCUT2D eigenvalue weighted by molar-refractivity contribution is -0.144. The molecule has 1 aliphatic rings. The standard InChI is InChI=1S/C18H32N8O6/c1-9(24-14(28)10(19)8-13(20)27)16(30)26-7-3-5-12(26)15(29)25-11(17(31)32)4-2-6-23-18(21)22/h9-12H,2-8,19H2,1H3,(H2,20,27)(H,24,28)(H,25,29)(H,31,32)(H4,21,22,23). The normalized spacial score (nSPS) is 18.2. The fraction of sp³-hybridized carbons (Fsp3) is 0.667. The molecule has 14 nitrogen and oxygen atoms in total. The smallest absolute Gasteiger partial charge is 0.326 e. The average molecular weight is 457 g/mol. The van der Waals surface area contributed by atoms with Crippen LogP contribution in [0.25, 0.3) is 0 Å². The van der Waals surface area contributed by atoms with E-state index < -0.39 is 53.8 Å². The SMILES string of the molecule is CC(NC(=O)C(N)CC(N)=O)C(=O)N1CCCC1C(=O)NC(CCCN=C(N)N)C(=O)O. The number of hydrogen-bond donors (Lipinski definition) is 7. The van der Waals surface area contributed by atoms with E-state index in [1.54, 1.807) is 0 Å². The minimum Gasteiger partial charge on any atom is -0.480 e. The lowest BCUT2D eigenvalue weighted by atomic mass is 10.1. The maximum atomic E-state index is 12.8. The van der Waals surface area contributed by atoms with Crippen LogP contribution in [0.4, 0.5) is 0 Å². The highest BCUT2D eigenvalue weighted by Crippen LogP contribution is 2.19. The second kappa shape index (κ2) is 12.4. The Morgan fingerprint density at radius 1 is 1.16 bits per heavy atom. The average Bonchev–Trinajstić information content (AvgIpc) is 3.18. The van der Waals surface area contributed by atoms with E-state index in [-0.39, 0.29) is 31.9 Å². The molecule has 1 aliphatic heterocycles. The summed E-state index contributed by atoms with van der Waals surface area (Å²) >= 11 is 0. The van der Waals surface area contributed by atoms with Crippen LogP contribution in [0.3, 0.4) is 0 Å². The van der Waals surface area contributed by atoms with Crippen LogP contribution < -0.4 is 33.6 Å². The van der Waals surface area contributed by atoms with E-state index in [0.29, 0.717) is 19.3 Å². The summed E-state index contributed by atoms with van der Waals surface area (Å²) in [6.45, 7) is 1.91. The highest BCUT2D eigenvalue weighted by molar-refractivity contribution is 5.95. The van der Waals surface area contributed by atoms with Crippen LogP contribution in [0.1, 0.15) is 39.0 Å². The molecule has 0 radical (unpaired) electrons. The van der Waals surface area contributed by atoms with Gasteiger partial charge in [-0.1, -0.05) is 0 Å². The molecular weight excluding hydrogens is 424 g/mol. The Hall–Kier alpha value is -3.42. The first kappa shape index (κ1) is 26.6. The molecule has 32 heavy (non-hydrogen) atoms. The number of aliphatic imine (C=N–C) groups is 1. The molecule has 0 spiro atoms. The van der Waals surface area contributed by atoms with E-state index in [9.17, 15) is 29.1 Å². The number of nitrogens with zero attached hydrogens (tertiary/aromatic N) is 2. The molecule has 1 saturated heterocycles. The quantitative estimate of drug-likeness (QED) is 0.0865. The van der Waals surface area contributed by atoms with Crippen molar-refractivity contribution in [2.24, 2.45) is 27.9 Å². The zero-order valence-corrected chi connectivity index (χ0v) is 18.0. The summed E-state index contributed by atoms with van der Waals surface area (Å²) in [5.41, 5.74) is 21.0. The molecule has 0 aliphatic carbocycles. The summed E-state index contributed by atoms with van der Waals surface area (Å²) in [6, 6.07) is -4.25. The van der Waals surface area contributed by atoms with Gasteiger partial charge in [0.25, 0.3) is 0 Å². The van der Waals surface area contributed by atoms with Crippen LogP contribution in [0.2, 0.25) is 0 Å². The third kappa shape index (κ3) is 8.37. The number of carboxylic acid groups (broad SMARTS) is 1. The Labute approximate surface area is 185 Å². The zero-order chi connectivity index (χ0) is 24.4. The van der Waals surface area contributed by atoms with Gasteiger partial charge in [-0.25, -0.2) is 4.79 Å². The van der Waals surface area contributed by atoms with E-state index in [4.69, 9.17) is 22.9 Å². The van der Waals surface area contributed by atoms with Gasteiger partial charge in [-0.05, 0) is 32.6 Å². The molecule has 0 aromatic carbocycles. The Kier molecular flexibility index (Phi) is 10.3. The van der Waals surface area contributed by atoms with Crippen molar-refractivity contribution in [3.63, 3.8) is 0 Å². The molecule has 0 aromatic rings. The maximum Gasteiger partial charge on any atom is 0.326 e. The third-order valence-electron chi connectivity index (χ3n) is 4.89. The topological polar surface area (TPSA) is 249 Å². The van der Waals surface area contributed by atoms with Gasteiger partial charge >= 0.3 is 5.97 Å². The predicted molar refractivity (Wildman–Crippen MR) is 114 cm³/mol. The highest BCUT2D eigenvalue weighted by atomic mass is 16.4. The molecule has 1 fully saturated rings. The zero-order valence-electron chi connectivity index (χ0n) is 18.0. The Morgan fingerprint density at radius 3 is 2.38 bits per heavy atom. The first-order valence-corrected chi connectivity index (χ1v) is 10.2. The van der Waals surface area contributed by atoms with E-state index in [1.165, 1.54) is 11.8 Å². The number of amides is 4. The van der Waals surface area contributed by atoms with Crippen molar-refractivity contribution in [3.05, 3.63) is 0 Å². The van der Waals surface area contributed by atoms with Gasteiger partial charge in [-0.15, -0.1) is 0 Å². The minimum atomic E-state index is -1.22. The summed E-state index contributed by atoms with van der Waals surface area (Å²) in [5.74, 6) is -3.94. The maximum absolute atomic E-state index is 12.8. The molecule has 1 heterocycles. The number of carboxylic acids is 1. The summed E-state index contributed by atoms with van der Waals surface area (Å²) in [4.78, 5) is 64.9. The molecule has 4 atom stereocenters. The molecule has 0 saturated carbocycles. The number of aliphatic carboxylic acids is 1. The van der Waals surface area contributed by atoms with Gasteiger partial charge in [0, 0.05) is 13.1 Å². The number of carbonyl (C=O) groups excluding carboxylic acids is 4. The number of nitrogens with one attached hydrogen (secondary N) is 2. The van der Waals surface area contributed by atoms with Gasteiger partial charge in [0.15, 0.2) is 5.96 Å². The van der Waals surface area contributed by atoms with E-state index >= 15 is 0 Å². The van der Waals surface area contributed by atoms with E-state index in [0.717, 1.165) is 0 Å². The van der Waals surface area contributed by atoms with Crippen molar-refractivity contribution < 1.29 is 29.1 Å². The molecule has 11 N–H and O–H groups in total. The Balaban J connectivity index is 2.71. The van der Waals surface area contributed by atoms with Crippen molar-refractivity contribution in [1.82, 2.24) is 15.5 Å². The molecule has 0 aromatic heterocycles. The number of hydrogen-bond acceptors (Lipinski definition) is 7. The van der Waals surface area contributed by atoms with Crippen molar-refractivity contribution in [2.45, 2.75) is 63.2 Å². The minimum absolute atomic E-state index is 0.0999. The van der Waals surface area contributed by atoms with Gasteiger partial charge in [-0.2, -0.15) is 0 Å². The van der Waals surface area contributed by atoms with Gasteiger partial charge < -0.3 is 43.6 Å². The Morgan fingerprint density at radius 2 is 1.81 bits per heavy atom. The lowest BCUT2D eigenvalue weighted by Crippen LogP contribution is -2.56. The second-order valence-electron chi connectivity index (χ2n) is 7.55. The largest absolute Gasteiger partial charge is 0.480 e. The van der Waals surface area contributed by atoms with Crippen LogP contribution in [-0.4, -0.2) is 82.8 Å². The number of guanidine groups is 1. The summed E-state index contributed by atoms with van der Waals surface area (Å²) in [6.07, 6.45) is 0.939. The van der Waals surface area contributed by atoms with Crippen LogP contribution in [-0.2, 0) is 24.0 Å². The summed E-state index contributed by atoms with van der Waals surface area (Å²) in [7, 11) is 0. The fourth-order valence-corrected chi connectivity index (χ4v) is 3.27. The van der Waals surface area contributed by atoms with E-state index in [2.05, 4.69) is 15.6 Å². The summed E-state index contributed by atoms with van der Waals surface area (Å²) in [5, 5.41) is 14.2. The molecule has 0 bridgehead atoms. The number of likely N-dealkylation sites (tertiary alicyclic amines) is 1. The first-order chi connectivity index (χ1) is 14.9. The van der Waals surface area contributed by atoms with Crippen molar-refractivity contribution in [2.75, 3.05) is 13.1 Å². The molecule has 4 unspecified atom stereocenters. The Bertz CT molecular complexity index is 754. The van der Waals surface area contributed by atoms with Gasteiger partial charge in [-0.3, -0.25) is 24.2 Å². The molecular formula is C18H32N8O6. The van der Waals surface area contributed by atoms with Crippen LogP contribution >= 0.6 is 0 Å². The van der Waals surface area contributed by atoms with Crippen LogP contribution in [0, 0.1) is 0 Å². The van der Waals surface area contributed by atoms with Crippen molar-refractivity contribution >= 4 is 35.6 Å². The summed E-state index contributed by atoms with van der Waals surface area (Å²) < 4.78 is 0. The predicted octanol–water partition coefficient (Wildman–Crippen LogP) is -3.69. The first-order valence-electron chi connectivity index (χ1n) is 10.2. The molecule has 14 heteroatoms. The van der Waals surface area contributed by atoms with Crippen molar-refractivity contribution in [3.8, 4) is 0 Å². The molecule has 4 amide bonds. The van der Waals surface area contributed by atoms with Gasteiger partial charge in [0.2, 0.25) is 23.6 Å². The van der Waals surface area contributed by atoms with Crippen molar-refractivity contribution in [1.29, 1.82) is 0 Å². The molecule has 180 valence electrons. The monoisotopic (exact) mass is 456 g/mol. The van der Waals surface area contributed by atoms with E-state index in [1.807, 2.05) is 0 Å². The van der Waals surface area contributed by atoms with Gasteiger partial charge in [0.05, 0.1) is 12.5 Å². The number of nitrogens with two attached hydrogens (primary N) is 4. The number of carbonyl (C=O) groups is 5. The molecule has 1 rings (SSSR count). The highest BCUT2D eigenvalue weighted by Gasteiger charge is 2.37. The number of primary amides is 1. The van der Waals surface area contributed by atoms with Gasteiger partial charge in [0.1, 0.15) is 18.1 Å². The second-order valence-corrected chi connectivity index (χ2v) is 7.55. The third-order valence-corrected chi connectivity index (χ3v) is 4.89.